The van der Waals surface area contributed by atoms with E-state index in [0.29, 0.717) is 17.8 Å². The van der Waals surface area contributed by atoms with Gasteiger partial charge in [0.15, 0.2) is 5.82 Å². The summed E-state index contributed by atoms with van der Waals surface area (Å²) in [5.41, 5.74) is 0.854. The molecule has 1 fully saturated rings. The maximum absolute atomic E-state index is 5.28. The van der Waals surface area contributed by atoms with E-state index < -0.39 is 0 Å². The van der Waals surface area contributed by atoms with Crippen LogP contribution in [0.3, 0.4) is 0 Å². The van der Waals surface area contributed by atoms with E-state index in [1.165, 1.54) is 25.9 Å². The van der Waals surface area contributed by atoms with E-state index in [0.717, 1.165) is 23.8 Å². The van der Waals surface area contributed by atoms with Gasteiger partial charge in [-0.2, -0.15) is 4.98 Å². The SMILES string of the molecule is Cc1noc(-c2cccnc2NCC(C)N2CCCC(C)C2)n1. The molecule has 1 aliphatic rings. The van der Waals surface area contributed by atoms with Crippen LogP contribution in [0.5, 0.6) is 0 Å². The zero-order valence-electron chi connectivity index (χ0n) is 14.1. The molecule has 0 saturated carbocycles. The van der Waals surface area contributed by atoms with Crippen molar-refractivity contribution in [1.29, 1.82) is 0 Å². The molecule has 0 spiro atoms. The van der Waals surface area contributed by atoms with Crippen molar-refractivity contribution in [1.82, 2.24) is 20.0 Å². The van der Waals surface area contributed by atoms with Gasteiger partial charge in [-0.25, -0.2) is 4.98 Å². The lowest BCUT2D eigenvalue weighted by Gasteiger charge is -2.35. The van der Waals surface area contributed by atoms with Gasteiger partial charge in [0.25, 0.3) is 5.89 Å². The Morgan fingerprint density at radius 2 is 2.35 bits per heavy atom. The van der Waals surface area contributed by atoms with Crippen LogP contribution in [-0.4, -0.2) is 45.7 Å². The Bertz CT molecular complexity index is 641. The van der Waals surface area contributed by atoms with E-state index in [-0.39, 0.29) is 0 Å². The Morgan fingerprint density at radius 1 is 1.48 bits per heavy atom. The van der Waals surface area contributed by atoms with Crippen LogP contribution >= 0.6 is 0 Å². The second-order valence-corrected chi connectivity index (χ2v) is 6.52. The van der Waals surface area contributed by atoms with E-state index in [1.54, 1.807) is 6.20 Å². The second-order valence-electron chi connectivity index (χ2n) is 6.52. The highest BCUT2D eigenvalue weighted by Gasteiger charge is 2.21. The summed E-state index contributed by atoms with van der Waals surface area (Å²) in [7, 11) is 0. The van der Waals surface area contributed by atoms with Gasteiger partial charge >= 0.3 is 0 Å². The molecule has 3 heterocycles. The maximum atomic E-state index is 5.28. The molecule has 23 heavy (non-hydrogen) atoms. The van der Waals surface area contributed by atoms with Gasteiger partial charge in [0.1, 0.15) is 5.82 Å². The van der Waals surface area contributed by atoms with Crippen molar-refractivity contribution in [3.63, 3.8) is 0 Å². The number of aryl methyl sites for hydroxylation is 1. The van der Waals surface area contributed by atoms with Crippen molar-refractivity contribution < 1.29 is 4.52 Å². The largest absolute Gasteiger partial charge is 0.368 e. The molecular weight excluding hydrogens is 290 g/mol. The number of nitrogens with one attached hydrogen (secondary N) is 1. The molecule has 0 aliphatic carbocycles. The summed E-state index contributed by atoms with van der Waals surface area (Å²) in [6.45, 7) is 9.64. The quantitative estimate of drug-likeness (QED) is 0.915. The molecule has 0 bridgehead atoms. The van der Waals surface area contributed by atoms with Crippen LogP contribution in [0, 0.1) is 12.8 Å². The molecule has 2 aromatic rings. The molecule has 0 aromatic carbocycles. The molecule has 6 nitrogen and oxygen atoms in total. The summed E-state index contributed by atoms with van der Waals surface area (Å²) in [5.74, 6) is 2.73. The smallest absolute Gasteiger partial charge is 0.261 e. The molecule has 2 unspecified atom stereocenters. The van der Waals surface area contributed by atoms with Gasteiger partial charge < -0.3 is 9.84 Å². The minimum absolute atomic E-state index is 0.469. The number of hydrogen-bond acceptors (Lipinski definition) is 6. The van der Waals surface area contributed by atoms with Gasteiger partial charge in [0.2, 0.25) is 0 Å². The summed E-state index contributed by atoms with van der Waals surface area (Å²) in [5, 5.41) is 7.31. The molecular formula is C17H25N5O. The molecule has 1 saturated heterocycles. The van der Waals surface area contributed by atoms with Gasteiger partial charge in [0, 0.05) is 25.3 Å². The predicted molar refractivity (Wildman–Crippen MR) is 90.2 cm³/mol. The molecule has 3 rings (SSSR count). The minimum Gasteiger partial charge on any atom is -0.368 e. The summed E-state index contributed by atoms with van der Waals surface area (Å²) >= 11 is 0. The highest BCUT2D eigenvalue weighted by Crippen LogP contribution is 2.24. The number of aromatic nitrogens is 3. The molecule has 0 radical (unpaired) electrons. The van der Waals surface area contributed by atoms with E-state index >= 15 is 0 Å². The Morgan fingerprint density at radius 3 is 3.09 bits per heavy atom. The first-order valence-corrected chi connectivity index (χ1v) is 8.37. The zero-order valence-corrected chi connectivity index (χ0v) is 14.1. The monoisotopic (exact) mass is 315 g/mol. The van der Waals surface area contributed by atoms with Crippen molar-refractivity contribution in [3.8, 4) is 11.5 Å². The number of anilines is 1. The Balaban J connectivity index is 1.66. The third kappa shape index (κ3) is 3.88. The van der Waals surface area contributed by atoms with Crippen LogP contribution in [0.25, 0.3) is 11.5 Å². The van der Waals surface area contributed by atoms with E-state index in [1.807, 2.05) is 19.1 Å². The van der Waals surface area contributed by atoms with Crippen LogP contribution < -0.4 is 5.32 Å². The maximum Gasteiger partial charge on any atom is 0.261 e. The third-order valence-corrected chi connectivity index (χ3v) is 4.44. The van der Waals surface area contributed by atoms with Crippen molar-refractivity contribution in [2.45, 2.75) is 39.7 Å². The van der Waals surface area contributed by atoms with Gasteiger partial charge in [-0.1, -0.05) is 12.1 Å². The molecule has 1 aliphatic heterocycles. The van der Waals surface area contributed by atoms with Crippen molar-refractivity contribution >= 4 is 5.82 Å². The zero-order chi connectivity index (χ0) is 16.2. The Kier molecular flexibility index (Phi) is 4.91. The standard InChI is InChI=1S/C17H25N5O/c1-12-6-5-9-22(11-12)13(2)10-19-16-15(7-4-8-18-16)17-20-14(3)21-23-17/h4,7-8,12-13H,5-6,9-11H2,1-3H3,(H,18,19). The summed E-state index contributed by atoms with van der Waals surface area (Å²) in [6, 6.07) is 4.31. The lowest BCUT2D eigenvalue weighted by atomic mass is 9.99. The first kappa shape index (κ1) is 15.9. The molecule has 2 atom stereocenters. The highest BCUT2D eigenvalue weighted by molar-refractivity contribution is 5.68. The third-order valence-electron chi connectivity index (χ3n) is 4.44. The second kappa shape index (κ2) is 7.08. The van der Waals surface area contributed by atoms with Crippen LogP contribution in [0.15, 0.2) is 22.9 Å². The highest BCUT2D eigenvalue weighted by atomic mass is 16.5. The normalized spacial score (nSPS) is 20.4. The number of pyridine rings is 1. The number of hydrogen-bond donors (Lipinski definition) is 1. The lowest BCUT2D eigenvalue weighted by molar-refractivity contribution is 0.144. The van der Waals surface area contributed by atoms with Crippen LogP contribution in [0.2, 0.25) is 0 Å². The van der Waals surface area contributed by atoms with Gasteiger partial charge in [-0.15, -0.1) is 0 Å². The van der Waals surface area contributed by atoms with E-state index in [4.69, 9.17) is 4.52 Å². The summed E-state index contributed by atoms with van der Waals surface area (Å²) < 4.78 is 5.28. The van der Waals surface area contributed by atoms with E-state index in [2.05, 4.69) is 39.2 Å². The fraction of sp³-hybridized carbons (Fsp3) is 0.588. The molecule has 124 valence electrons. The van der Waals surface area contributed by atoms with Crippen LogP contribution in [0.1, 0.15) is 32.5 Å². The molecule has 2 aromatic heterocycles. The number of likely N-dealkylation sites (tertiary alicyclic amines) is 1. The summed E-state index contributed by atoms with van der Waals surface area (Å²) in [4.78, 5) is 11.3. The summed E-state index contributed by atoms with van der Waals surface area (Å²) in [6.07, 6.45) is 4.42. The van der Waals surface area contributed by atoms with Crippen molar-refractivity contribution in [2.24, 2.45) is 5.92 Å². The van der Waals surface area contributed by atoms with E-state index in [9.17, 15) is 0 Å². The first-order valence-electron chi connectivity index (χ1n) is 8.37. The number of nitrogens with zero attached hydrogens (tertiary/aromatic N) is 4. The van der Waals surface area contributed by atoms with Crippen LogP contribution in [0.4, 0.5) is 5.82 Å². The Hall–Kier alpha value is -1.95. The van der Waals surface area contributed by atoms with Gasteiger partial charge in [0.05, 0.1) is 5.56 Å². The molecule has 0 amide bonds. The molecule has 6 heteroatoms. The number of rotatable bonds is 5. The van der Waals surface area contributed by atoms with Crippen molar-refractivity contribution in [2.75, 3.05) is 25.0 Å². The predicted octanol–water partition coefficient (Wildman–Crippen LogP) is 2.97. The topological polar surface area (TPSA) is 67.1 Å². The van der Waals surface area contributed by atoms with Crippen LogP contribution in [-0.2, 0) is 0 Å². The first-order chi connectivity index (χ1) is 11.1. The minimum atomic E-state index is 0.469. The number of piperidine rings is 1. The van der Waals surface area contributed by atoms with Gasteiger partial charge in [-0.3, -0.25) is 4.90 Å². The lowest BCUT2D eigenvalue weighted by Crippen LogP contribution is -2.43. The average molecular weight is 315 g/mol. The van der Waals surface area contributed by atoms with Crippen molar-refractivity contribution in [3.05, 3.63) is 24.2 Å². The fourth-order valence-electron chi connectivity index (χ4n) is 3.12. The Labute approximate surface area is 137 Å². The molecule has 1 N–H and O–H groups in total. The fourth-order valence-corrected chi connectivity index (χ4v) is 3.12. The average Bonchev–Trinajstić information content (AvgIpc) is 2.99. The van der Waals surface area contributed by atoms with Gasteiger partial charge in [-0.05, 0) is 51.3 Å².